The van der Waals surface area contributed by atoms with Crippen LogP contribution in [0.25, 0.3) is 11.1 Å². The second-order valence-electron chi connectivity index (χ2n) is 7.45. The van der Waals surface area contributed by atoms with Gasteiger partial charge in [0.1, 0.15) is 0 Å². The van der Waals surface area contributed by atoms with Crippen molar-refractivity contribution in [1.82, 2.24) is 4.90 Å². The van der Waals surface area contributed by atoms with Crippen LogP contribution in [-0.2, 0) is 17.8 Å². The number of carbonyl (C=O) groups is 2. The number of nitrogens with zero attached hydrogens (tertiary/aromatic N) is 1. The highest BCUT2D eigenvalue weighted by atomic mass is 16.3. The highest BCUT2D eigenvalue weighted by Crippen LogP contribution is 2.22. The fourth-order valence-corrected chi connectivity index (χ4v) is 3.41. The minimum absolute atomic E-state index is 0.0140. The average Bonchev–Trinajstić information content (AvgIpc) is 2.74. The molecule has 30 heavy (non-hydrogen) atoms. The third-order valence-electron chi connectivity index (χ3n) is 4.91. The van der Waals surface area contributed by atoms with Crippen LogP contribution in [0.15, 0.2) is 78.9 Å². The average molecular weight is 402 g/mol. The summed E-state index contributed by atoms with van der Waals surface area (Å²) in [6.45, 7) is 0.513. The smallest absolute Gasteiger partial charge is 0.253 e. The SMILES string of the molecule is CN(Cc1cccc(-c2ccc(CC(O)CC(N)=O)cc2)c1)C(=O)c1ccccc1. The third kappa shape index (κ3) is 5.78. The highest BCUT2D eigenvalue weighted by Gasteiger charge is 2.12. The van der Waals surface area contributed by atoms with E-state index in [2.05, 4.69) is 6.07 Å². The summed E-state index contributed by atoms with van der Waals surface area (Å²) >= 11 is 0. The van der Waals surface area contributed by atoms with E-state index in [-0.39, 0.29) is 12.3 Å². The molecule has 0 aliphatic rings. The van der Waals surface area contributed by atoms with Gasteiger partial charge in [0, 0.05) is 19.2 Å². The normalized spacial score (nSPS) is 11.7. The van der Waals surface area contributed by atoms with Gasteiger partial charge in [0.05, 0.1) is 12.5 Å². The van der Waals surface area contributed by atoms with Crippen LogP contribution < -0.4 is 5.73 Å². The van der Waals surface area contributed by atoms with Crippen LogP contribution in [0.2, 0.25) is 0 Å². The topological polar surface area (TPSA) is 83.6 Å². The Morgan fingerprint density at radius 2 is 1.60 bits per heavy atom. The van der Waals surface area contributed by atoms with Gasteiger partial charge >= 0.3 is 0 Å². The van der Waals surface area contributed by atoms with Gasteiger partial charge in [-0.15, -0.1) is 0 Å². The van der Waals surface area contributed by atoms with Crippen LogP contribution in [-0.4, -0.2) is 35.0 Å². The number of carbonyl (C=O) groups excluding carboxylic acids is 2. The summed E-state index contributed by atoms with van der Waals surface area (Å²) in [6.07, 6.45) is -0.427. The number of hydrogen-bond acceptors (Lipinski definition) is 3. The molecule has 0 saturated heterocycles. The van der Waals surface area contributed by atoms with Crippen molar-refractivity contribution in [2.45, 2.75) is 25.5 Å². The fourth-order valence-electron chi connectivity index (χ4n) is 3.41. The van der Waals surface area contributed by atoms with Gasteiger partial charge in [-0.1, -0.05) is 60.7 Å². The number of nitrogens with two attached hydrogens (primary N) is 1. The first-order valence-electron chi connectivity index (χ1n) is 9.87. The molecule has 2 amide bonds. The lowest BCUT2D eigenvalue weighted by Crippen LogP contribution is -2.26. The summed E-state index contributed by atoms with van der Waals surface area (Å²) in [5.74, 6) is -0.522. The molecule has 3 rings (SSSR count). The quantitative estimate of drug-likeness (QED) is 0.606. The van der Waals surface area contributed by atoms with Crippen LogP contribution in [0.4, 0.5) is 0 Å². The molecule has 0 spiro atoms. The standard InChI is InChI=1S/C25H26N2O3/c1-27(25(30)21-7-3-2-4-8-21)17-19-6-5-9-22(14-19)20-12-10-18(11-13-20)15-23(28)16-24(26)29/h2-14,23,28H,15-17H2,1H3,(H2,26,29). The molecule has 0 bridgehead atoms. The van der Waals surface area contributed by atoms with Gasteiger partial charge in [0.25, 0.3) is 5.91 Å². The van der Waals surface area contributed by atoms with Gasteiger partial charge in [-0.2, -0.15) is 0 Å². The Balaban J connectivity index is 1.67. The molecule has 0 aliphatic carbocycles. The van der Waals surface area contributed by atoms with Crippen molar-refractivity contribution >= 4 is 11.8 Å². The summed E-state index contributed by atoms with van der Waals surface area (Å²) in [7, 11) is 1.80. The molecular weight excluding hydrogens is 376 g/mol. The van der Waals surface area contributed by atoms with E-state index in [1.54, 1.807) is 11.9 Å². The summed E-state index contributed by atoms with van der Waals surface area (Å²) in [5, 5.41) is 9.87. The molecule has 0 fully saturated rings. The van der Waals surface area contributed by atoms with Gasteiger partial charge in [0.15, 0.2) is 0 Å². The molecule has 0 radical (unpaired) electrons. The molecule has 3 N–H and O–H groups in total. The molecule has 1 unspecified atom stereocenters. The van der Waals surface area contributed by atoms with Gasteiger partial charge in [0.2, 0.25) is 5.91 Å². The lowest BCUT2D eigenvalue weighted by atomic mass is 9.99. The van der Waals surface area contributed by atoms with Crippen LogP contribution >= 0.6 is 0 Å². The number of aliphatic hydroxyl groups is 1. The van der Waals surface area contributed by atoms with Crippen molar-refractivity contribution in [3.63, 3.8) is 0 Å². The van der Waals surface area contributed by atoms with Crippen molar-refractivity contribution in [2.75, 3.05) is 7.05 Å². The van der Waals surface area contributed by atoms with Crippen LogP contribution in [0.3, 0.4) is 0 Å². The van der Waals surface area contributed by atoms with Crippen LogP contribution in [0.5, 0.6) is 0 Å². The zero-order chi connectivity index (χ0) is 21.5. The monoisotopic (exact) mass is 402 g/mol. The van der Waals surface area contributed by atoms with E-state index in [0.717, 1.165) is 22.3 Å². The van der Waals surface area contributed by atoms with E-state index < -0.39 is 12.0 Å². The second-order valence-corrected chi connectivity index (χ2v) is 7.45. The van der Waals surface area contributed by atoms with Gasteiger partial charge in [-0.3, -0.25) is 9.59 Å². The van der Waals surface area contributed by atoms with Gasteiger partial charge < -0.3 is 15.7 Å². The maximum absolute atomic E-state index is 12.6. The fraction of sp³-hybridized carbons (Fsp3) is 0.200. The molecule has 5 nitrogen and oxygen atoms in total. The van der Waals surface area contributed by atoms with E-state index >= 15 is 0 Å². The number of benzene rings is 3. The van der Waals surface area contributed by atoms with Gasteiger partial charge in [-0.05, 0) is 46.9 Å². The first kappa shape index (κ1) is 21.3. The number of hydrogen-bond donors (Lipinski definition) is 2. The Morgan fingerprint density at radius 3 is 2.27 bits per heavy atom. The van der Waals surface area contributed by atoms with Crippen molar-refractivity contribution in [2.24, 2.45) is 5.73 Å². The predicted molar refractivity (Wildman–Crippen MR) is 118 cm³/mol. The first-order valence-corrected chi connectivity index (χ1v) is 9.87. The van der Waals surface area contributed by atoms with E-state index in [4.69, 9.17) is 5.73 Å². The summed E-state index contributed by atoms with van der Waals surface area (Å²) in [6, 6.07) is 25.2. The highest BCUT2D eigenvalue weighted by molar-refractivity contribution is 5.94. The molecule has 154 valence electrons. The Hall–Kier alpha value is -3.44. The van der Waals surface area contributed by atoms with E-state index in [9.17, 15) is 14.7 Å². The van der Waals surface area contributed by atoms with Crippen LogP contribution in [0, 0.1) is 0 Å². The Kier molecular flexibility index (Phi) is 6.99. The number of aliphatic hydroxyl groups excluding tert-OH is 1. The molecule has 0 aliphatic heterocycles. The Morgan fingerprint density at radius 1 is 0.900 bits per heavy atom. The van der Waals surface area contributed by atoms with Gasteiger partial charge in [-0.25, -0.2) is 0 Å². The molecule has 3 aromatic carbocycles. The first-order chi connectivity index (χ1) is 14.4. The maximum Gasteiger partial charge on any atom is 0.253 e. The molecule has 5 heteroatoms. The molecule has 0 saturated carbocycles. The van der Waals surface area contributed by atoms with Crippen molar-refractivity contribution in [3.05, 3.63) is 95.6 Å². The number of rotatable bonds is 8. The van der Waals surface area contributed by atoms with Crippen molar-refractivity contribution in [3.8, 4) is 11.1 Å². The summed E-state index contributed by atoms with van der Waals surface area (Å²) < 4.78 is 0. The lowest BCUT2D eigenvalue weighted by molar-refractivity contribution is -0.119. The Labute approximate surface area is 176 Å². The number of amides is 2. The lowest BCUT2D eigenvalue weighted by Gasteiger charge is -2.18. The van der Waals surface area contributed by atoms with Crippen LogP contribution in [0.1, 0.15) is 27.9 Å². The largest absolute Gasteiger partial charge is 0.392 e. The molecule has 3 aromatic rings. The third-order valence-corrected chi connectivity index (χ3v) is 4.91. The van der Waals surface area contributed by atoms with E-state index in [0.29, 0.717) is 18.5 Å². The van der Waals surface area contributed by atoms with E-state index in [1.807, 2.05) is 72.8 Å². The zero-order valence-corrected chi connectivity index (χ0v) is 17.0. The molecular formula is C25H26N2O3. The van der Waals surface area contributed by atoms with E-state index in [1.165, 1.54) is 0 Å². The maximum atomic E-state index is 12.6. The molecule has 0 heterocycles. The number of primary amides is 1. The molecule has 0 aromatic heterocycles. The second kappa shape index (κ2) is 9.85. The Bertz CT molecular complexity index is 1000. The minimum Gasteiger partial charge on any atom is -0.392 e. The minimum atomic E-state index is -0.769. The zero-order valence-electron chi connectivity index (χ0n) is 17.0. The van der Waals surface area contributed by atoms with Crippen molar-refractivity contribution in [1.29, 1.82) is 0 Å². The summed E-state index contributed by atoms with van der Waals surface area (Å²) in [4.78, 5) is 25.2. The molecule has 1 atom stereocenters. The predicted octanol–water partition coefficient (Wildman–Crippen LogP) is 3.40. The van der Waals surface area contributed by atoms with Crippen molar-refractivity contribution < 1.29 is 14.7 Å². The summed E-state index contributed by atoms with van der Waals surface area (Å²) in [5.41, 5.74) is 9.88.